The fourth-order valence-corrected chi connectivity index (χ4v) is 4.88. The van der Waals surface area contributed by atoms with Gasteiger partial charge in [0.1, 0.15) is 17.7 Å². The number of nitrogens with one attached hydrogen (secondary N) is 2. The van der Waals surface area contributed by atoms with Crippen LogP contribution in [0.1, 0.15) is 43.9 Å². The summed E-state index contributed by atoms with van der Waals surface area (Å²) in [6, 6.07) is 9.36. The first kappa shape index (κ1) is 20.2. The molecule has 3 aromatic rings. The Hall–Kier alpha value is -2.71. The lowest BCUT2D eigenvalue weighted by Crippen LogP contribution is -2.54. The lowest BCUT2D eigenvalue weighted by Gasteiger charge is -2.37. The van der Waals surface area contributed by atoms with Gasteiger partial charge >= 0.3 is 0 Å². The zero-order valence-corrected chi connectivity index (χ0v) is 18.3. The maximum absolute atomic E-state index is 5.55. The number of nitrogens with zero attached hydrogens (tertiary/aromatic N) is 5. The van der Waals surface area contributed by atoms with Crippen LogP contribution in [0.2, 0.25) is 0 Å². The first-order valence-corrected chi connectivity index (χ1v) is 11.3. The van der Waals surface area contributed by atoms with Gasteiger partial charge in [-0.05, 0) is 56.4 Å². The quantitative estimate of drug-likeness (QED) is 0.656. The van der Waals surface area contributed by atoms with Crippen LogP contribution in [0.3, 0.4) is 0 Å². The summed E-state index contributed by atoms with van der Waals surface area (Å²) in [5.41, 5.74) is 3.37. The molecule has 2 atom stereocenters. The van der Waals surface area contributed by atoms with Crippen LogP contribution < -0.4 is 15.5 Å². The molecule has 8 heteroatoms. The molecule has 2 saturated heterocycles. The van der Waals surface area contributed by atoms with Gasteiger partial charge in [0.2, 0.25) is 0 Å². The molecule has 2 aliphatic heterocycles. The van der Waals surface area contributed by atoms with Gasteiger partial charge in [-0.25, -0.2) is 14.5 Å². The number of rotatable bonds is 5. The third-order valence-electron chi connectivity index (χ3n) is 6.26. The van der Waals surface area contributed by atoms with Gasteiger partial charge in [-0.15, -0.1) is 0 Å². The van der Waals surface area contributed by atoms with Crippen molar-refractivity contribution in [3.63, 3.8) is 0 Å². The summed E-state index contributed by atoms with van der Waals surface area (Å²) >= 11 is 0. The largest absolute Gasteiger partial charge is 0.381 e. The van der Waals surface area contributed by atoms with Gasteiger partial charge in [0.05, 0.1) is 12.2 Å². The Bertz CT molecular complexity index is 1020. The number of anilines is 2. The zero-order chi connectivity index (χ0) is 21.2. The van der Waals surface area contributed by atoms with Gasteiger partial charge < -0.3 is 20.3 Å². The minimum atomic E-state index is 0.458. The minimum Gasteiger partial charge on any atom is -0.381 e. The molecular weight excluding hydrogens is 390 g/mol. The predicted molar refractivity (Wildman–Crippen MR) is 122 cm³/mol. The molecule has 0 bridgehead atoms. The van der Waals surface area contributed by atoms with Crippen molar-refractivity contribution >= 4 is 17.2 Å². The van der Waals surface area contributed by atoms with E-state index < -0.39 is 0 Å². The van der Waals surface area contributed by atoms with Crippen LogP contribution in [0.4, 0.5) is 11.6 Å². The molecule has 0 aromatic carbocycles. The Morgan fingerprint density at radius 2 is 1.94 bits per heavy atom. The summed E-state index contributed by atoms with van der Waals surface area (Å²) in [6.45, 7) is 8.65. The number of pyridine rings is 1. The van der Waals surface area contributed by atoms with E-state index in [2.05, 4.69) is 63.7 Å². The molecule has 8 nitrogen and oxygen atoms in total. The molecule has 31 heavy (non-hydrogen) atoms. The van der Waals surface area contributed by atoms with Crippen molar-refractivity contribution in [1.82, 2.24) is 24.9 Å². The van der Waals surface area contributed by atoms with E-state index in [1.165, 1.54) is 5.56 Å². The summed E-state index contributed by atoms with van der Waals surface area (Å²) < 4.78 is 7.47. The van der Waals surface area contributed by atoms with Crippen LogP contribution in [0.25, 0.3) is 5.52 Å². The number of ether oxygens (including phenoxy) is 1. The normalized spacial score (nSPS) is 22.7. The average molecular weight is 422 g/mol. The molecule has 0 amide bonds. The Morgan fingerprint density at radius 3 is 2.74 bits per heavy atom. The van der Waals surface area contributed by atoms with Gasteiger partial charge in [-0.1, -0.05) is 6.07 Å². The van der Waals surface area contributed by atoms with Gasteiger partial charge in [-0.2, -0.15) is 5.10 Å². The van der Waals surface area contributed by atoms with Gasteiger partial charge in [0, 0.05) is 44.6 Å². The third-order valence-corrected chi connectivity index (χ3v) is 6.26. The van der Waals surface area contributed by atoms with Crippen molar-refractivity contribution in [2.24, 2.45) is 0 Å². The summed E-state index contributed by atoms with van der Waals surface area (Å²) in [5, 5.41) is 11.5. The maximum atomic E-state index is 5.55. The van der Waals surface area contributed by atoms with E-state index in [1.807, 2.05) is 10.7 Å². The molecule has 0 aliphatic carbocycles. The Kier molecular flexibility index (Phi) is 5.74. The van der Waals surface area contributed by atoms with Crippen LogP contribution in [0, 0.1) is 0 Å². The zero-order valence-electron chi connectivity index (χ0n) is 18.3. The van der Waals surface area contributed by atoms with Crippen LogP contribution in [0.5, 0.6) is 0 Å². The van der Waals surface area contributed by atoms with Crippen molar-refractivity contribution in [2.45, 2.75) is 51.2 Å². The molecule has 0 unspecified atom stereocenters. The summed E-state index contributed by atoms with van der Waals surface area (Å²) in [7, 11) is 0. The van der Waals surface area contributed by atoms with E-state index >= 15 is 0 Å². The monoisotopic (exact) mass is 421 g/mol. The van der Waals surface area contributed by atoms with E-state index in [9.17, 15) is 0 Å². The second kappa shape index (κ2) is 8.80. The molecule has 3 aromatic heterocycles. The number of piperazine rings is 1. The van der Waals surface area contributed by atoms with E-state index in [4.69, 9.17) is 9.72 Å². The van der Waals surface area contributed by atoms with Crippen molar-refractivity contribution in [3.05, 3.63) is 48.0 Å². The number of hydrogen-bond donors (Lipinski definition) is 2. The summed E-state index contributed by atoms with van der Waals surface area (Å²) in [4.78, 5) is 11.9. The number of fused-ring (bicyclic) bond motifs is 1. The number of hydrogen-bond acceptors (Lipinski definition) is 7. The van der Waals surface area contributed by atoms with Gasteiger partial charge in [0.15, 0.2) is 5.82 Å². The maximum Gasteiger partial charge on any atom is 0.154 e. The number of aromatic nitrogens is 4. The average Bonchev–Trinajstić information content (AvgIpc) is 3.23. The molecule has 0 saturated carbocycles. The van der Waals surface area contributed by atoms with E-state index in [1.54, 1.807) is 6.33 Å². The van der Waals surface area contributed by atoms with E-state index in [-0.39, 0.29) is 0 Å². The Morgan fingerprint density at radius 1 is 1.13 bits per heavy atom. The molecule has 5 heterocycles. The van der Waals surface area contributed by atoms with E-state index in [0.29, 0.717) is 24.5 Å². The SMILES string of the molecule is C[C@@H]1CN(c2cccc(CNc3ncnn4ccc(C5CCOCC5)c34)n2)C[C@H](C)N1. The lowest BCUT2D eigenvalue weighted by atomic mass is 9.92. The van der Waals surface area contributed by atoms with Gasteiger partial charge in [-0.3, -0.25) is 0 Å². The molecule has 0 spiro atoms. The van der Waals surface area contributed by atoms with Crippen molar-refractivity contribution < 1.29 is 4.74 Å². The molecule has 2 aliphatic rings. The summed E-state index contributed by atoms with van der Waals surface area (Å²) in [5.74, 6) is 2.39. The van der Waals surface area contributed by atoms with Crippen molar-refractivity contribution in [1.29, 1.82) is 0 Å². The lowest BCUT2D eigenvalue weighted by molar-refractivity contribution is 0.0856. The van der Waals surface area contributed by atoms with Gasteiger partial charge in [0.25, 0.3) is 0 Å². The van der Waals surface area contributed by atoms with Crippen LogP contribution in [-0.4, -0.2) is 58.0 Å². The second-order valence-electron chi connectivity index (χ2n) is 8.77. The first-order chi connectivity index (χ1) is 15.2. The molecule has 2 fully saturated rings. The predicted octanol–water partition coefficient (Wildman–Crippen LogP) is 2.82. The topological polar surface area (TPSA) is 79.6 Å². The fraction of sp³-hybridized carbons (Fsp3) is 0.522. The highest BCUT2D eigenvalue weighted by Gasteiger charge is 2.23. The van der Waals surface area contributed by atoms with Crippen molar-refractivity contribution in [2.75, 3.05) is 36.5 Å². The Labute approximate surface area is 183 Å². The highest BCUT2D eigenvalue weighted by atomic mass is 16.5. The first-order valence-electron chi connectivity index (χ1n) is 11.3. The molecule has 164 valence electrons. The van der Waals surface area contributed by atoms with E-state index in [0.717, 1.165) is 62.0 Å². The standard InChI is InChI=1S/C23H31N7O/c1-16-13-29(14-17(2)27-16)21-5-3-4-19(28-21)12-24-23-22-20(18-7-10-31-11-8-18)6-9-30(22)26-15-25-23/h3-6,9,15-18,27H,7-8,10-14H2,1-2H3,(H,24,25,26)/t16-,17+. The molecule has 2 N–H and O–H groups in total. The van der Waals surface area contributed by atoms with Crippen LogP contribution in [0.15, 0.2) is 36.8 Å². The van der Waals surface area contributed by atoms with Crippen LogP contribution >= 0.6 is 0 Å². The van der Waals surface area contributed by atoms with Crippen LogP contribution in [-0.2, 0) is 11.3 Å². The highest BCUT2D eigenvalue weighted by Crippen LogP contribution is 2.33. The second-order valence-corrected chi connectivity index (χ2v) is 8.77. The molecule has 0 radical (unpaired) electrons. The van der Waals surface area contributed by atoms with Crippen molar-refractivity contribution in [3.8, 4) is 0 Å². The smallest absolute Gasteiger partial charge is 0.154 e. The Balaban J connectivity index is 1.35. The molecule has 5 rings (SSSR count). The summed E-state index contributed by atoms with van der Waals surface area (Å²) in [6.07, 6.45) is 5.72. The fourth-order valence-electron chi connectivity index (χ4n) is 4.88. The third kappa shape index (κ3) is 4.36. The molecular formula is C23H31N7O. The minimum absolute atomic E-state index is 0.458. The highest BCUT2D eigenvalue weighted by molar-refractivity contribution is 5.73.